The first-order valence-electron chi connectivity index (χ1n) is 8.96. The van der Waals surface area contributed by atoms with Crippen LogP contribution < -0.4 is 10.1 Å². The first-order valence-corrected chi connectivity index (χ1v) is 8.96. The van der Waals surface area contributed by atoms with E-state index in [1.54, 1.807) is 0 Å². The van der Waals surface area contributed by atoms with Gasteiger partial charge in [0.05, 0.1) is 11.1 Å². The number of rotatable bonds is 4. The molecule has 0 spiro atoms. The van der Waals surface area contributed by atoms with Crippen LogP contribution in [0.3, 0.4) is 0 Å². The van der Waals surface area contributed by atoms with Gasteiger partial charge in [-0.25, -0.2) is 4.68 Å². The molecule has 2 aromatic carbocycles. The molecular formula is C22H25N3O2. The van der Waals surface area contributed by atoms with Gasteiger partial charge in [-0.1, -0.05) is 18.2 Å². The second-order valence-electron chi connectivity index (χ2n) is 7.68. The third-order valence-corrected chi connectivity index (χ3v) is 4.15. The molecule has 5 heteroatoms. The molecular weight excluding hydrogens is 338 g/mol. The molecule has 1 aromatic heterocycles. The van der Waals surface area contributed by atoms with E-state index in [2.05, 4.69) is 10.4 Å². The number of hydrogen-bond donors (Lipinski definition) is 1. The Bertz CT molecular complexity index is 930. The highest BCUT2D eigenvalue weighted by molar-refractivity contribution is 5.79. The van der Waals surface area contributed by atoms with Crippen molar-refractivity contribution >= 4 is 17.5 Å². The smallest absolute Gasteiger partial charge is 0.316 e. The monoisotopic (exact) mass is 363 g/mol. The van der Waals surface area contributed by atoms with Crippen molar-refractivity contribution < 1.29 is 9.53 Å². The molecule has 0 saturated heterocycles. The van der Waals surface area contributed by atoms with Gasteiger partial charge in [-0.05, 0) is 70.0 Å². The molecule has 0 atom stereocenters. The van der Waals surface area contributed by atoms with E-state index in [4.69, 9.17) is 4.74 Å². The first kappa shape index (κ1) is 18.7. The fourth-order valence-corrected chi connectivity index (χ4v) is 2.69. The van der Waals surface area contributed by atoms with E-state index in [9.17, 15) is 4.79 Å². The van der Waals surface area contributed by atoms with Gasteiger partial charge in [0.2, 0.25) is 0 Å². The van der Waals surface area contributed by atoms with E-state index in [0.717, 1.165) is 28.3 Å². The number of hydrogen-bond acceptors (Lipinski definition) is 4. The molecule has 27 heavy (non-hydrogen) atoms. The maximum atomic E-state index is 12.2. The minimum atomic E-state index is -0.542. The topological polar surface area (TPSA) is 56.1 Å². The Kier molecular flexibility index (Phi) is 5.04. The lowest BCUT2D eigenvalue weighted by Crippen LogP contribution is -2.26. The van der Waals surface area contributed by atoms with Crippen molar-refractivity contribution in [1.29, 1.82) is 0 Å². The summed E-state index contributed by atoms with van der Waals surface area (Å²) in [5.41, 5.74) is 3.16. The van der Waals surface area contributed by atoms with Gasteiger partial charge >= 0.3 is 5.97 Å². The zero-order valence-electron chi connectivity index (χ0n) is 16.4. The fraction of sp³-hybridized carbons (Fsp3) is 0.273. The second kappa shape index (κ2) is 7.27. The lowest BCUT2D eigenvalue weighted by Gasteiger charge is -2.19. The largest absolute Gasteiger partial charge is 0.426 e. The summed E-state index contributed by atoms with van der Waals surface area (Å²) in [5.74, 6) is 1.13. The summed E-state index contributed by atoms with van der Waals surface area (Å²) in [7, 11) is 0. The molecule has 0 aliphatic rings. The van der Waals surface area contributed by atoms with E-state index in [1.807, 2.05) is 94.0 Å². The van der Waals surface area contributed by atoms with Gasteiger partial charge in [-0.2, -0.15) is 5.10 Å². The van der Waals surface area contributed by atoms with Crippen LogP contribution in [0.5, 0.6) is 5.75 Å². The lowest BCUT2D eigenvalue weighted by atomic mass is 9.97. The Hall–Kier alpha value is -3.08. The van der Waals surface area contributed by atoms with Gasteiger partial charge in [0, 0.05) is 18.0 Å². The van der Waals surface area contributed by atoms with Crippen LogP contribution in [0.2, 0.25) is 0 Å². The number of ether oxygens (including phenoxy) is 1. The Morgan fingerprint density at radius 3 is 2.26 bits per heavy atom. The zero-order chi connectivity index (χ0) is 19.6. The second-order valence-corrected chi connectivity index (χ2v) is 7.68. The maximum Gasteiger partial charge on any atom is 0.316 e. The van der Waals surface area contributed by atoms with Crippen LogP contribution in [-0.4, -0.2) is 15.7 Å². The molecule has 0 aliphatic carbocycles. The summed E-state index contributed by atoms with van der Waals surface area (Å²) in [4.78, 5) is 12.2. The summed E-state index contributed by atoms with van der Waals surface area (Å²) in [6.45, 7) is 9.41. The zero-order valence-corrected chi connectivity index (χ0v) is 16.4. The van der Waals surface area contributed by atoms with Gasteiger partial charge < -0.3 is 10.1 Å². The molecule has 3 aromatic rings. The molecule has 0 unspecified atom stereocenters. The van der Waals surface area contributed by atoms with Gasteiger partial charge in [-0.15, -0.1) is 0 Å². The Morgan fingerprint density at radius 1 is 1.04 bits per heavy atom. The molecule has 0 radical (unpaired) electrons. The number of anilines is 2. The lowest BCUT2D eigenvalue weighted by molar-refractivity contribution is -0.143. The van der Waals surface area contributed by atoms with Crippen molar-refractivity contribution in [3.63, 3.8) is 0 Å². The van der Waals surface area contributed by atoms with Crippen LogP contribution in [0, 0.1) is 19.3 Å². The number of carbonyl (C=O) groups excluding carboxylic acids is 1. The van der Waals surface area contributed by atoms with Crippen molar-refractivity contribution in [2.24, 2.45) is 5.41 Å². The van der Waals surface area contributed by atoms with Gasteiger partial charge in [0.25, 0.3) is 0 Å². The van der Waals surface area contributed by atoms with Crippen LogP contribution >= 0.6 is 0 Å². The molecule has 1 heterocycles. The number of esters is 1. The quantitative estimate of drug-likeness (QED) is 0.512. The van der Waals surface area contributed by atoms with Crippen molar-refractivity contribution in [3.05, 3.63) is 65.9 Å². The summed E-state index contributed by atoms with van der Waals surface area (Å²) in [6, 6.07) is 15.8. The summed E-state index contributed by atoms with van der Waals surface area (Å²) >= 11 is 0. The van der Waals surface area contributed by atoms with E-state index in [-0.39, 0.29) is 5.97 Å². The van der Waals surface area contributed by atoms with Crippen molar-refractivity contribution in [2.45, 2.75) is 34.6 Å². The van der Waals surface area contributed by atoms with E-state index >= 15 is 0 Å². The highest BCUT2D eigenvalue weighted by atomic mass is 16.5. The number of aromatic nitrogens is 2. The molecule has 0 amide bonds. The number of para-hydroxylation sites is 1. The van der Waals surface area contributed by atoms with Crippen LogP contribution in [0.1, 0.15) is 31.9 Å². The van der Waals surface area contributed by atoms with Crippen molar-refractivity contribution in [2.75, 3.05) is 5.32 Å². The third-order valence-electron chi connectivity index (χ3n) is 4.15. The predicted molar refractivity (Wildman–Crippen MR) is 108 cm³/mol. The number of nitrogens with one attached hydrogen (secondary N) is 1. The molecule has 0 bridgehead atoms. The Balaban J connectivity index is 1.79. The summed E-state index contributed by atoms with van der Waals surface area (Å²) in [6.07, 6.45) is 1.91. The van der Waals surface area contributed by atoms with Crippen LogP contribution in [0.25, 0.3) is 5.69 Å². The van der Waals surface area contributed by atoms with E-state index in [0.29, 0.717) is 5.75 Å². The first-order chi connectivity index (χ1) is 12.7. The molecule has 0 saturated carbocycles. The summed E-state index contributed by atoms with van der Waals surface area (Å²) < 4.78 is 7.44. The number of aryl methyl sites for hydroxylation is 2. The minimum absolute atomic E-state index is 0.240. The molecule has 1 N–H and O–H groups in total. The highest BCUT2D eigenvalue weighted by Crippen LogP contribution is 2.30. The van der Waals surface area contributed by atoms with Crippen molar-refractivity contribution in [3.8, 4) is 11.4 Å². The van der Waals surface area contributed by atoms with Gasteiger partial charge in [0.15, 0.2) is 5.82 Å². The van der Waals surface area contributed by atoms with Crippen LogP contribution in [-0.2, 0) is 4.79 Å². The normalized spacial score (nSPS) is 11.3. The standard InChI is InChI=1S/C22H25N3O2/c1-15-13-17(14-16(2)20(15)27-21(26)22(3,4)5)23-19-11-12-25(24-19)18-9-7-6-8-10-18/h6-14H,1-5H3,(H,23,24). The average molecular weight is 363 g/mol. The van der Waals surface area contributed by atoms with Crippen LogP contribution in [0.4, 0.5) is 11.5 Å². The fourth-order valence-electron chi connectivity index (χ4n) is 2.69. The van der Waals surface area contributed by atoms with Gasteiger partial charge in [-0.3, -0.25) is 4.79 Å². The van der Waals surface area contributed by atoms with E-state index < -0.39 is 5.41 Å². The van der Waals surface area contributed by atoms with Gasteiger partial charge in [0.1, 0.15) is 5.75 Å². The highest BCUT2D eigenvalue weighted by Gasteiger charge is 2.25. The minimum Gasteiger partial charge on any atom is -0.426 e. The summed E-state index contributed by atoms with van der Waals surface area (Å²) in [5, 5.41) is 7.87. The molecule has 0 fully saturated rings. The number of carbonyl (C=O) groups is 1. The third kappa shape index (κ3) is 4.37. The number of benzene rings is 2. The Morgan fingerprint density at radius 2 is 1.67 bits per heavy atom. The molecule has 140 valence electrons. The predicted octanol–water partition coefficient (Wildman–Crippen LogP) is 5.18. The van der Waals surface area contributed by atoms with E-state index in [1.165, 1.54) is 0 Å². The maximum absolute atomic E-state index is 12.2. The molecule has 0 aliphatic heterocycles. The Labute approximate surface area is 160 Å². The molecule has 3 rings (SSSR count). The SMILES string of the molecule is Cc1cc(Nc2ccn(-c3ccccc3)n2)cc(C)c1OC(=O)C(C)(C)C. The van der Waals surface area contributed by atoms with Crippen LogP contribution in [0.15, 0.2) is 54.7 Å². The molecule has 5 nitrogen and oxygen atoms in total. The average Bonchev–Trinajstić information content (AvgIpc) is 3.06. The van der Waals surface area contributed by atoms with Crippen molar-refractivity contribution in [1.82, 2.24) is 9.78 Å². The number of nitrogens with zero attached hydrogens (tertiary/aromatic N) is 2.